The summed E-state index contributed by atoms with van der Waals surface area (Å²) in [5, 5.41) is 0. The molecule has 0 spiro atoms. The van der Waals surface area contributed by atoms with Crippen LogP contribution in [0.4, 0.5) is 5.69 Å². The van der Waals surface area contributed by atoms with Crippen molar-refractivity contribution in [2.75, 3.05) is 12.8 Å². The van der Waals surface area contributed by atoms with E-state index >= 15 is 0 Å². The maximum atomic E-state index is 11.2. The highest BCUT2D eigenvalue weighted by Crippen LogP contribution is 2.19. The smallest absolute Gasteiger partial charge is 0.187 e. The van der Waals surface area contributed by atoms with Crippen LogP contribution in [0.1, 0.15) is 10.4 Å². The predicted octanol–water partition coefficient (Wildman–Crippen LogP) is 1.65. The first-order valence-corrected chi connectivity index (χ1v) is 3.79. The number of carbonyl (C=O) groups excluding carboxylic acids is 1. The molecule has 0 saturated carbocycles. The number of benzene rings is 1. The zero-order valence-corrected chi connectivity index (χ0v) is 7.41. The number of anilines is 1. The van der Waals surface area contributed by atoms with E-state index in [-0.39, 0.29) is 5.78 Å². The van der Waals surface area contributed by atoms with Gasteiger partial charge >= 0.3 is 0 Å². The molecule has 0 amide bonds. The second-order valence-electron chi connectivity index (χ2n) is 2.52. The van der Waals surface area contributed by atoms with Crippen molar-refractivity contribution in [2.24, 2.45) is 0 Å². The molecule has 0 atom stereocenters. The summed E-state index contributed by atoms with van der Waals surface area (Å²) < 4.78 is 4.95. The molecule has 1 aromatic rings. The minimum Gasteiger partial charge on any atom is -0.497 e. The molecule has 0 saturated heterocycles. The van der Waals surface area contributed by atoms with Crippen LogP contribution in [-0.4, -0.2) is 12.9 Å². The van der Waals surface area contributed by atoms with E-state index < -0.39 is 0 Å². The van der Waals surface area contributed by atoms with Crippen molar-refractivity contribution < 1.29 is 9.53 Å². The zero-order valence-electron chi connectivity index (χ0n) is 7.41. The van der Waals surface area contributed by atoms with Gasteiger partial charge in [0.25, 0.3) is 0 Å². The van der Waals surface area contributed by atoms with E-state index in [9.17, 15) is 4.79 Å². The van der Waals surface area contributed by atoms with Crippen molar-refractivity contribution in [2.45, 2.75) is 0 Å². The number of carbonyl (C=O) groups is 1. The fourth-order valence-electron chi connectivity index (χ4n) is 1.00. The van der Waals surface area contributed by atoms with Crippen LogP contribution < -0.4 is 10.5 Å². The van der Waals surface area contributed by atoms with E-state index in [0.29, 0.717) is 17.0 Å². The molecule has 0 aliphatic rings. The van der Waals surface area contributed by atoms with Gasteiger partial charge in [-0.1, -0.05) is 6.58 Å². The highest BCUT2D eigenvalue weighted by molar-refractivity contribution is 6.07. The highest BCUT2D eigenvalue weighted by Gasteiger charge is 2.06. The summed E-state index contributed by atoms with van der Waals surface area (Å²) in [5.74, 6) is 0.457. The van der Waals surface area contributed by atoms with Crippen LogP contribution in [0.15, 0.2) is 30.9 Å². The number of nitrogens with two attached hydrogens (primary N) is 1. The van der Waals surface area contributed by atoms with Crippen LogP contribution in [0, 0.1) is 0 Å². The molecule has 3 nitrogen and oxygen atoms in total. The van der Waals surface area contributed by atoms with E-state index in [2.05, 4.69) is 6.58 Å². The second-order valence-corrected chi connectivity index (χ2v) is 2.52. The number of hydrogen-bond acceptors (Lipinski definition) is 3. The summed E-state index contributed by atoms with van der Waals surface area (Å²) in [6.45, 7) is 3.38. The number of methoxy groups -OCH3 is 1. The molecule has 0 aliphatic carbocycles. The molecule has 68 valence electrons. The van der Waals surface area contributed by atoms with Crippen molar-refractivity contribution >= 4 is 11.5 Å². The van der Waals surface area contributed by atoms with Crippen molar-refractivity contribution in [3.05, 3.63) is 36.4 Å². The average molecular weight is 177 g/mol. The van der Waals surface area contributed by atoms with Gasteiger partial charge in [0.1, 0.15) is 5.75 Å². The zero-order chi connectivity index (χ0) is 9.84. The van der Waals surface area contributed by atoms with Gasteiger partial charge in [0.05, 0.1) is 7.11 Å². The number of rotatable bonds is 3. The summed E-state index contributed by atoms with van der Waals surface area (Å²) in [5.41, 5.74) is 6.49. The molecule has 0 aromatic heterocycles. The van der Waals surface area contributed by atoms with Gasteiger partial charge in [0.2, 0.25) is 0 Å². The van der Waals surface area contributed by atoms with Gasteiger partial charge in [-0.05, 0) is 18.2 Å². The first-order chi connectivity index (χ1) is 6.19. The van der Waals surface area contributed by atoms with E-state index in [1.165, 1.54) is 6.08 Å². The Labute approximate surface area is 76.8 Å². The number of nitrogen functional groups attached to an aromatic ring is 1. The molecular formula is C10H11NO2. The van der Waals surface area contributed by atoms with Crippen molar-refractivity contribution in [1.29, 1.82) is 0 Å². The Morgan fingerprint density at radius 1 is 1.62 bits per heavy atom. The first kappa shape index (κ1) is 9.32. The van der Waals surface area contributed by atoms with Gasteiger partial charge in [-0.15, -0.1) is 0 Å². The SMILES string of the molecule is C=CC(=O)c1ccc(OC)cc1N. The Morgan fingerprint density at radius 3 is 2.77 bits per heavy atom. The molecule has 1 aromatic carbocycles. The Hall–Kier alpha value is -1.77. The lowest BCUT2D eigenvalue weighted by Gasteiger charge is -2.04. The number of hydrogen-bond donors (Lipinski definition) is 1. The minimum atomic E-state index is -0.180. The largest absolute Gasteiger partial charge is 0.497 e. The topological polar surface area (TPSA) is 52.3 Å². The molecule has 0 unspecified atom stereocenters. The Balaban J connectivity index is 3.12. The predicted molar refractivity (Wildman–Crippen MR) is 51.9 cm³/mol. The van der Waals surface area contributed by atoms with Crippen LogP contribution in [0.5, 0.6) is 5.75 Å². The van der Waals surface area contributed by atoms with E-state index in [0.717, 1.165) is 0 Å². The Kier molecular flexibility index (Phi) is 2.69. The van der Waals surface area contributed by atoms with E-state index in [4.69, 9.17) is 10.5 Å². The minimum absolute atomic E-state index is 0.180. The number of ether oxygens (including phenoxy) is 1. The standard InChI is InChI=1S/C10H11NO2/c1-3-10(12)8-5-4-7(13-2)6-9(8)11/h3-6H,1,11H2,2H3. The normalized spacial score (nSPS) is 9.31. The number of allylic oxidation sites excluding steroid dienone is 1. The molecular weight excluding hydrogens is 166 g/mol. The third-order valence-electron chi connectivity index (χ3n) is 1.71. The van der Waals surface area contributed by atoms with E-state index in [1.807, 2.05) is 0 Å². The Bertz CT molecular complexity index is 345. The Morgan fingerprint density at radius 2 is 2.31 bits per heavy atom. The van der Waals surface area contributed by atoms with Gasteiger partial charge in [-0.25, -0.2) is 0 Å². The summed E-state index contributed by atoms with van der Waals surface area (Å²) in [6.07, 6.45) is 1.23. The lowest BCUT2D eigenvalue weighted by atomic mass is 10.1. The third-order valence-corrected chi connectivity index (χ3v) is 1.71. The molecule has 0 heterocycles. The fraction of sp³-hybridized carbons (Fsp3) is 0.100. The molecule has 13 heavy (non-hydrogen) atoms. The molecule has 0 fully saturated rings. The van der Waals surface area contributed by atoms with Crippen LogP contribution in [0.25, 0.3) is 0 Å². The molecule has 2 N–H and O–H groups in total. The fourth-order valence-corrected chi connectivity index (χ4v) is 1.00. The van der Waals surface area contributed by atoms with Crippen molar-refractivity contribution in [3.8, 4) is 5.75 Å². The van der Waals surface area contributed by atoms with Gasteiger partial charge in [0.15, 0.2) is 5.78 Å². The molecule has 1 rings (SSSR count). The maximum absolute atomic E-state index is 11.2. The summed E-state index contributed by atoms with van der Waals surface area (Å²) >= 11 is 0. The lowest BCUT2D eigenvalue weighted by molar-refractivity contribution is 0.104. The molecule has 3 heteroatoms. The third kappa shape index (κ3) is 1.87. The first-order valence-electron chi connectivity index (χ1n) is 3.79. The molecule has 0 aliphatic heterocycles. The van der Waals surface area contributed by atoms with Gasteiger partial charge < -0.3 is 10.5 Å². The highest BCUT2D eigenvalue weighted by atomic mass is 16.5. The van der Waals surface area contributed by atoms with Crippen LogP contribution in [0.2, 0.25) is 0 Å². The second kappa shape index (κ2) is 3.76. The van der Waals surface area contributed by atoms with Crippen molar-refractivity contribution in [3.63, 3.8) is 0 Å². The van der Waals surface area contributed by atoms with Gasteiger partial charge in [-0.2, -0.15) is 0 Å². The van der Waals surface area contributed by atoms with Crippen LogP contribution >= 0.6 is 0 Å². The van der Waals surface area contributed by atoms with Gasteiger partial charge in [0, 0.05) is 17.3 Å². The molecule has 0 radical (unpaired) electrons. The summed E-state index contributed by atoms with van der Waals surface area (Å²) in [7, 11) is 1.55. The molecule has 0 bridgehead atoms. The monoisotopic (exact) mass is 177 g/mol. The summed E-state index contributed by atoms with van der Waals surface area (Å²) in [6, 6.07) is 4.92. The van der Waals surface area contributed by atoms with Crippen LogP contribution in [0.3, 0.4) is 0 Å². The average Bonchev–Trinajstić information content (AvgIpc) is 2.16. The quantitative estimate of drug-likeness (QED) is 0.434. The summed E-state index contributed by atoms with van der Waals surface area (Å²) in [4.78, 5) is 11.2. The van der Waals surface area contributed by atoms with Crippen LogP contribution in [-0.2, 0) is 0 Å². The maximum Gasteiger partial charge on any atom is 0.187 e. The lowest BCUT2D eigenvalue weighted by Crippen LogP contribution is -2.00. The van der Waals surface area contributed by atoms with Gasteiger partial charge in [-0.3, -0.25) is 4.79 Å². The number of ketones is 1. The van der Waals surface area contributed by atoms with Crippen molar-refractivity contribution in [1.82, 2.24) is 0 Å². The van der Waals surface area contributed by atoms with E-state index in [1.54, 1.807) is 25.3 Å².